The Kier molecular flexibility index (Phi) is 8.98. The molecular weight excluding hydrogens is 453 g/mol. The molecule has 0 amide bonds. The topological polar surface area (TPSA) is 79.8 Å². The number of ether oxygens (including phenoxy) is 1. The Labute approximate surface area is 167 Å². The quantitative estimate of drug-likeness (QED) is 0.370. The van der Waals surface area contributed by atoms with Crippen molar-refractivity contribution in [2.24, 2.45) is 10.9 Å². The summed E-state index contributed by atoms with van der Waals surface area (Å²) in [5, 5.41) is 6.41. The van der Waals surface area contributed by atoms with Gasteiger partial charge in [-0.25, -0.2) is 8.42 Å². The van der Waals surface area contributed by atoms with Gasteiger partial charge in [0.2, 0.25) is 0 Å². The Morgan fingerprint density at radius 3 is 2.68 bits per heavy atom. The Morgan fingerprint density at radius 1 is 1.36 bits per heavy atom. The Balaban J connectivity index is 0.00000312. The van der Waals surface area contributed by atoms with Crippen molar-refractivity contribution in [2.75, 3.05) is 25.2 Å². The van der Waals surface area contributed by atoms with Crippen molar-refractivity contribution >= 4 is 39.8 Å². The third-order valence-electron chi connectivity index (χ3n) is 3.79. The van der Waals surface area contributed by atoms with Gasteiger partial charge in [0.05, 0.1) is 18.1 Å². The van der Waals surface area contributed by atoms with Crippen molar-refractivity contribution in [3.05, 3.63) is 29.8 Å². The molecule has 1 atom stereocenters. The number of benzene rings is 1. The molecule has 0 spiro atoms. The van der Waals surface area contributed by atoms with Crippen LogP contribution in [-0.2, 0) is 16.4 Å². The van der Waals surface area contributed by atoms with E-state index in [0.29, 0.717) is 31.4 Å². The van der Waals surface area contributed by atoms with Gasteiger partial charge in [0, 0.05) is 25.2 Å². The van der Waals surface area contributed by atoms with E-state index in [-0.39, 0.29) is 41.5 Å². The van der Waals surface area contributed by atoms with E-state index in [9.17, 15) is 8.42 Å². The van der Waals surface area contributed by atoms with E-state index in [1.165, 1.54) is 0 Å². The molecule has 1 fully saturated rings. The lowest BCUT2D eigenvalue weighted by molar-refractivity contribution is 0.268. The van der Waals surface area contributed by atoms with Crippen LogP contribution in [-0.4, -0.2) is 45.6 Å². The zero-order chi connectivity index (χ0) is 17.6. The normalized spacial score (nSPS) is 19.4. The second kappa shape index (κ2) is 10.2. The molecule has 0 aromatic heterocycles. The van der Waals surface area contributed by atoms with Crippen LogP contribution in [0.25, 0.3) is 0 Å². The number of aliphatic imine (C=N–C) groups is 1. The zero-order valence-corrected chi connectivity index (χ0v) is 18.1. The van der Waals surface area contributed by atoms with Crippen LogP contribution in [0.4, 0.5) is 0 Å². The van der Waals surface area contributed by atoms with Crippen molar-refractivity contribution in [1.29, 1.82) is 0 Å². The molecule has 8 heteroatoms. The second-order valence-corrected chi connectivity index (χ2v) is 8.71. The van der Waals surface area contributed by atoms with E-state index in [0.717, 1.165) is 11.3 Å². The average Bonchev–Trinajstić information content (AvgIpc) is 2.88. The van der Waals surface area contributed by atoms with Gasteiger partial charge in [0.25, 0.3) is 0 Å². The molecule has 2 rings (SSSR count). The third-order valence-corrected chi connectivity index (χ3v) is 5.56. The van der Waals surface area contributed by atoms with Crippen LogP contribution in [0.1, 0.15) is 25.8 Å². The maximum absolute atomic E-state index is 11.5. The summed E-state index contributed by atoms with van der Waals surface area (Å²) in [6.07, 6.45) is 0.622. The molecule has 1 saturated heterocycles. The van der Waals surface area contributed by atoms with E-state index < -0.39 is 9.84 Å². The summed E-state index contributed by atoms with van der Waals surface area (Å²) in [6.45, 7) is 5.46. The Bertz CT molecular complexity index is 677. The number of nitrogens with one attached hydrogen (secondary N) is 2. The van der Waals surface area contributed by atoms with E-state index in [2.05, 4.69) is 29.5 Å². The molecule has 0 radical (unpaired) electrons. The van der Waals surface area contributed by atoms with Gasteiger partial charge in [-0.2, -0.15) is 0 Å². The average molecular weight is 481 g/mol. The molecule has 25 heavy (non-hydrogen) atoms. The van der Waals surface area contributed by atoms with Gasteiger partial charge < -0.3 is 15.4 Å². The fourth-order valence-electron chi connectivity index (χ4n) is 2.52. The summed E-state index contributed by atoms with van der Waals surface area (Å²) < 4.78 is 28.9. The van der Waals surface area contributed by atoms with Gasteiger partial charge in [-0.15, -0.1) is 24.0 Å². The second-order valence-electron chi connectivity index (χ2n) is 6.48. The largest absolute Gasteiger partial charge is 0.493 e. The summed E-state index contributed by atoms with van der Waals surface area (Å²) in [5.74, 6) is 2.34. The van der Waals surface area contributed by atoms with Crippen LogP contribution in [0.5, 0.6) is 5.75 Å². The van der Waals surface area contributed by atoms with Crippen molar-refractivity contribution in [2.45, 2.75) is 32.9 Å². The van der Waals surface area contributed by atoms with E-state index in [1.807, 2.05) is 24.3 Å². The maximum atomic E-state index is 11.5. The van der Waals surface area contributed by atoms with Gasteiger partial charge in [0.15, 0.2) is 15.8 Å². The number of sulfone groups is 1. The van der Waals surface area contributed by atoms with Crippen molar-refractivity contribution in [3.63, 3.8) is 0 Å². The number of hydrogen-bond acceptors (Lipinski definition) is 4. The lowest BCUT2D eigenvalue weighted by Gasteiger charge is -2.18. The van der Waals surface area contributed by atoms with Crippen LogP contribution in [0.15, 0.2) is 29.3 Å². The zero-order valence-electron chi connectivity index (χ0n) is 15.0. The molecule has 1 aromatic rings. The predicted octanol–water partition coefficient (Wildman–Crippen LogP) is 2.19. The first-order valence-electron chi connectivity index (χ1n) is 8.28. The minimum absolute atomic E-state index is 0. The maximum Gasteiger partial charge on any atom is 0.191 e. The molecule has 0 bridgehead atoms. The lowest BCUT2D eigenvalue weighted by atomic mass is 10.2. The van der Waals surface area contributed by atoms with Crippen molar-refractivity contribution < 1.29 is 13.2 Å². The molecule has 142 valence electrons. The fraction of sp³-hybridized carbons (Fsp3) is 0.588. The SMILES string of the molecule is CN=C(NCc1ccccc1OCC(C)C)NC1CCS(=O)(=O)C1.I. The van der Waals surface area contributed by atoms with E-state index >= 15 is 0 Å². The molecule has 2 N–H and O–H groups in total. The van der Waals surface area contributed by atoms with Gasteiger partial charge >= 0.3 is 0 Å². The molecule has 0 saturated carbocycles. The molecule has 6 nitrogen and oxygen atoms in total. The first-order chi connectivity index (χ1) is 11.4. The smallest absolute Gasteiger partial charge is 0.191 e. The van der Waals surface area contributed by atoms with Crippen LogP contribution in [0.3, 0.4) is 0 Å². The molecule has 1 unspecified atom stereocenters. The highest BCUT2D eigenvalue weighted by Gasteiger charge is 2.28. The third kappa shape index (κ3) is 7.39. The number of hydrogen-bond donors (Lipinski definition) is 2. The number of nitrogens with zero attached hydrogens (tertiary/aromatic N) is 1. The summed E-state index contributed by atoms with van der Waals surface area (Å²) in [4.78, 5) is 4.18. The van der Waals surface area contributed by atoms with Crippen LogP contribution in [0.2, 0.25) is 0 Å². The Morgan fingerprint density at radius 2 is 2.08 bits per heavy atom. The molecule has 1 heterocycles. The van der Waals surface area contributed by atoms with E-state index in [4.69, 9.17) is 4.74 Å². The van der Waals surface area contributed by atoms with Crippen LogP contribution in [0, 0.1) is 5.92 Å². The molecular formula is C17H28IN3O3S. The molecule has 0 aliphatic carbocycles. The lowest BCUT2D eigenvalue weighted by Crippen LogP contribution is -2.43. The van der Waals surface area contributed by atoms with E-state index in [1.54, 1.807) is 7.05 Å². The highest BCUT2D eigenvalue weighted by atomic mass is 127. The van der Waals surface area contributed by atoms with Gasteiger partial charge in [0.1, 0.15) is 5.75 Å². The predicted molar refractivity (Wildman–Crippen MR) is 113 cm³/mol. The first kappa shape index (κ1) is 22.0. The highest BCUT2D eigenvalue weighted by Crippen LogP contribution is 2.18. The minimum Gasteiger partial charge on any atom is -0.493 e. The number of para-hydroxylation sites is 1. The molecule has 1 aromatic carbocycles. The Hall–Kier alpha value is -1.03. The monoisotopic (exact) mass is 481 g/mol. The summed E-state index contributed by atoms with van der Waals surface area (Å²) in [7, 11) is -1.22. The summed E-state index contributed by atoms with van der Waals surface area (Å²) >= 11 is 0. The standard InChI is InChI=1S/C17H27N3O3S.HI/c1-13(2)11-23-16-7-5-4-6-14(16)10-19-17(18-3)20-15-8-9-24(21,22)12-15;/h4-7,13,15H,8-12H2,1-3H3,(H2,18,19,20);1H. The first-order valence-corrected chi connectivity index (χ1v) is 10.1. The van der Waals surface area contributed by atoms with Crippen molar-refractivity contribution in [3.8, 4) is 5.75 Å². The molecule has 1 aliphatic heterocycles. The van der Waals surface area contributed by atoms with Crippen LogP contribution < -0.4 is 15.4 Å². The highest BCUT2D eigenvalue weighted by molar-refractivity contribution is 14.0. The number of rotatable bonds is 6. The van der Waals surface area contributed by atoms with Gasteiger partial charge in [-0.3, -0.25) is 4.99 Å². The molecule has 1 aliphatic rings. The number of halogens is 1. The summed E-state index contributed by atoms with van der Waals surface area (Å²) in [6, 6.07) is 7.82. The van der Waals surface area contributed by atoms with Crippen LogP contribution >= 0.6 is 24.0 Å². The van der Waals surface area contributed by atoms with Crippen molar-refractivity contribution in [1.82, 2.24) is 10.6 Å². The minimum atomic E-state index is -2.90. The van der Waals surface area contributed by atoms with Gasteiger partial charge in [-0.1, -0.05) is 32.0 Å². The van der Waals surface area contributed by atoms with Gasteiger partial charge in [-0.05, 0) is 18.4 Å². The number of guanidine groups is 1. The summed E-state index contributed by atoms with van der Waals surface area (Å²) in [5.41, 5.74) is 1.04. The fourth-order valence-corrected chi connectivity index (χ4v) is 4.20.